The maximum atomic E-state index is 12.0. The largest absolute Gasteiger partial charge is 0.456 e. The summed E-state index contributed by atoms with van der Waals surface area (Å²) in [5, 5.41) is 7.62. The van der Waals surface area contributed by atoms with Gasteiger partial charge in [-0.3, -0.25) is 4.68 Å². The SMILES string of the molecule is CC(NCc1ccc(C(=O)OC(C)(C)C)cc1)c1cnn(C)c1. The van der Waals surface area contributed by atoms with Crippen molar-refractivity contribution in [2.45, 2.75) is 45.9 Å². The number of aryl methyl sites for hydroxylation is 1. The summed E-state index contributed by atoms with van der Waals surface area (Å²) in [5.41, 5.74) is 2.37. The minimum Gasteiger partial charge on any atom is -0.456 e. The molecule has 0 radical (unpaired) electrons. The zero-order chi connectivity index (χ0) is 17.0. The van der Waals surface area contributed by atoms with E-state index in [0.717, 1.165) is 17.7 Å². The number of benzene rings is 1. The number of carbonyl (C=O) groups excluding carboxylic acids is 1. The Morgan fingerprint density at radius 3 is 2.48 bits per heavy atom. The molecule has 2 aromatic rings. The summed E-state index contributed by atoms with van der Waals surface area (Å²) >= 11 is 0. The molecule has 0 aliphatic rings. The molecule has 2 rings (SSSR count). The van der Waals surface area contributed by atoms with E-state index in [0.29, 0.717) is 5.56 Å². The molecule has 0 aliphatic carbocycles. The van der Waals surface area contributed by atoms with E-state index in [1.807, 2.05) is 52.3 Å². The van der Waals surface area contributed by atoms with Crippen LogP contribution >= 0.6 is 0 Å². The number of esters is 1. The summed E-state index contributed by atoms with van der Waals surface area (Å²) in [5.74, 6) is -0.291. The molecule has 0 amide bonds. The van der Waals surface area contributed by atoms with E-state index >= 15 is 0 Å². The summed E-state index contributed by atoms with van der Waals surface area (Å²) in [6.45, 7) is 8.42. The second-order valence-corrected chi connectivity index (χ2v) is 6.75. The summed E-state index contributed by atoms with van der Waals surface area (Å²) in [4.78, 5) is 12.0. The van der Waals surface area contributed by atoms with Gasteiger partial charge in [-0.1, -0.05) is 12.1 Å². The van der Waals surface area contributed by atoms with E-state index in [4.69, 9.17) is 4.74 Å². The first-order chi connectivity index (χ1) is 10.7. The van der Waals surface area contributed by atoms with Crippen molar-refractivity contribution in [2.24, 2.45) is 7.05 Å². The Bertz CT molecular complexity index is 654. The molecule has 1 N–H and O–H groups in total. The molecule has 124 valence electrons. The second kappa shape index (κ2) is 6.96. The lowest BCUT2D eigenvalue weighted by atomic mass is 10.1. The Balaban J connectivity index is 1.91. The minimum atomic E-state index is -0.476. The topological polar surface area (TPSA) is 56.1 Å². The van der Waals surface area contributed by atoms with E-state index in [2.05, 4.69) is 17.3 Å². The normalized spacial score (nSPS) is 12.9. The lowest BCUT2D eigenvalue weighted by molar-refractivity contribution is 0.00695. The molecular formula is C18H25N3O2. The van der Waals surface area contributed by atoms with Crippen molar-refractivity contribution < 1.29 is 9.53 Å². The van der Waals surface area contributed by atoms with Crippen LogP contribution in [0.15, 0.2) is 36.7 Å². The molecule has 0 fully saturated rings. The van der Waals surface area contributed by atoms with Crippen LogP contribution in [0, 0.1) is 0 Å². The molecule has 1 heterocycles. The van der Waals surface area contributed by atoms with Crippen molar-refractivity contribution in [2.75, 3.05) is 0 Å². The number of ether oxygens (including phenoxy) is 1. The summed E-state index contributed by atoms with van der Waals surface area (Å²) in [6.07, 6.45) is 3.87. The molecule has 1 aromatic heterocycles. The van der Waals surface area contributed by atoms with Gasteiger partial charge < -0.3 is 10.1 Å². The van der Waals surface area contributed by atoms with Gasteiger partial charge in [-0.15, -0.1) is 0 Å². The van der Waals surface area contributed by atoms with Crippen LogP contribution in [0.2, 0.25) is 0 Å². The quantitative estimate of drug-likeness (QED) is 0.861. The maximum absolute atomic E-state index is 12.0. The van der Waals surface area contributed by atoms with Crippen molar-refractivity contribution in [1.29, 1.82) is 0 Å². The fourth-order valence-corrected chi connectivity index (χ4v) is 2.15. The van der Waals surface area contributed by atoms with Gasteiger partial charge >= 0.3 is 5.97 Å². The van der Waals surface area contributed by atoms with E-state index in [-0.39, 0.29) is 12.0 Å². The number of nitrogens with zero attached hydrogens (tertiary/aromatic N) is 2. The van der Waals surface area contributed by atoms with Crippen molar-refractivity contribution in [3.63, 3.8) is 0 Å². The third-order valence-electron chi connectivity index (χ3n) is 3.43. The van der Waals surface area contributed by atoms with E-state index in [1.54, 1.807) is 16.8 Å². The highest BCUT2D eigenvalue weighted by atomic mass is 16.6. The zero-order valence-corrected chi connectivity index (χ0v) is 14.5. The lowest BCUT2D eigenvalue weighted by Crippen LogP contribution is -2.24. The molecule has 0 saturated carbocycles. The van der Waals surface area contributed by atoms with Crippen molar-refractivity contribution in [3.05, 3.63) is 53.3 Å². The average molecular weight is 315 g/mol. The Kier molecular flexibility index (Phi) is 5.21. The van der Waals surface area contributed by atoms with Gasteiger partial charge in [0.05, 0.1) is 11.8 Å². The van der Waals surface area contributed by atoms with Gasteiger partial charge in [-0.05, 0) is 45.4 Å². The van der Waals surface area contributed by atoms with Crippen LogP contribution in [0.3, 0.4) is 0 Å². The third kappa shape index (κ3) is 5.21. The third-order valence-corrected chi connectivity index (χ3v) is 3.43. The maximum Gasteiger partial charge on any atom is 0.338 e. The van der Waals surface area contributed by atoms with E-state index in [1.165, 1.54) is 0 Å². The Morgan fingerprint density at radius 2 is 1.96 bits per heavy atom. The predicted molar refractivity (Wildman–Crippen MR) is 90.1 cm³/mol. The Labute approximate surface area is 137 Å². The zero-order valence-electron chi connectivity index (χ0n) is 14.5. The van der Waals surface area contributed by atoms with Crippen molar-refractivity contribution in [3.8, 4) is 0 Å². The molecule has 0 aliphatic heterocycles. The molecule has 0 spiro atoms. The van der Waals surface area contributed by atoms with Crippen molar-refractivity contribution in [1.82, 2.24) is 15.1 Å². The number of aromatic nitrogens is 2. The first-order valence-electron chi connectivity index (χ1n) is 7.79. The highest BCUT2D eigenvalue weighted by Crippen LogP contribution is 2.14. The van der Waals surface area contributed by atoms with Crippen LogP contribution < -0.4 is 5.32 Å². The van der Waals surface area contributed by atoms with Gasteiger partial charge in [-0.2, -0.15) is 5.10 Å². The average Bonchev–Trinajstić information content (AvgIpc) is 2.90. The Morgan fingerprint density at radius 1 is 1.30 bits per heavy atom. The first-order valence-corrected chi connectivity index (χ1v) is 7.79. The summed E-state index contributed by atoms with van der Waals surface area (Å²) in [6, 6.07) is 7.72. The lowest BCUT2D eigenvalue weighted by Gasteiger charge is -2.19. The molecule has 0 saturated heterocycles. The van der Waals surface area contributed by atoms with Gasteiger partial charge in [0.1, 0.15) is 5.60 Å². The number of carbonyl (C=O) groups is 1. The fourth-order valence-electron chi connectivity index (χ4n) is 2.15. The highest BCUT2D eigenvalue weighted by molar-refractivity contribution is 5.89. The molecule has 1 aromatic carbocycles. The van der Waals surface area contributed by atoms with E-state index in [9.17, 15) is 4.79 Å². The number of rotatable bonds is 5. The fraction of sp³-hybridized carbons (Fsp3) is 0.444. The second-order valence-electron chi connectivity index (χ2n) is 6.75. The summed E-state index contributed by atoms with van der Waals surface area (Å²) in [7, 11) is 1.91. The van der Waals surface area contributed by atoms with Crippen LogP contribution in [-0.2, 0) is 18.3 Å². The van der Waals surface area contributed by atoms with Gasteiger partial charge in [0.2, 0.25) is 0 Å². The molecule has 1 unspecified atom stereocenters. The van der Waals surface area contributed by atoms with Crippen LogP contribution in [-0.4, -0.2) is 21.4 Å². The monoisotopic (exact) mass is 315 g/mol. The smallest absolute Gasteiger partial charge is 0.338 e. The standard InChI is InChI=1S/C18H25N3O2/c1-13(16-11-20-21(5)12-16)19-10-14-6-8-15(9-7-14)17(22)23-18(2,3)4/h6-9,11-13,19H,10H2,1-5H3. The van der Waals surface area contributed by atoms with Crippen LogP contribution in [0.1, 0.15) is 55.2 Å². The van der Waals surface area contributed by atoms with Gasteiger partial charge in [0, 0.05) is 31.4 Å². The molecule has 1 atom stereocenters. The highest BCUT2D eigenvalue weighted by Gasteiger charge is 2.17. The number of nitrogens with one attached hydrogen (secondary N) is 1. The van der Waals surface area contributed by atoms with Crippen molar-refractivity contribution >= 4 is 5.97 Å². The van der Waals surface area contributed by atoms with Crippen LogP contribution in [0.4, 0.5) is 0 Å². The van der Waals surface area contributed by atoms with E-state index < -0.39 is 5.60 Å². The predicted octanol–water partition coefficient (Wildman–Crippen LogP) is 3.23. The van der Waals surface area contributed by atoms with Crippen LogP contribution in [0.25, 0.3) is 0 Å². The molecule has 23 heavy (non-hydrogen) atoms. The van der Waals surface area contributed by atoms with Gasteiger partial charge in [-0.25, -0.2) is 4.79 Å². The number of hydrogen-bond donors (Lipinski definition) is 1. The first kappa shape index (κ1) is 17.2. The molecule has 0 bridgehead atoms. The molecular weight excluding hydrogens is 290 g/mol. The molecule has 5 nitrogen and oxygen atoms in total. The van der Waals surface area contributed by atoms with Gasteiger partial charge in [0.15, 0.2) is 0 Å². The number of hydrogen-bond acceptors (Lipinski definition) is 4. The minimum absolute atomic E-state index is 0.217. The van der Waals surface area contributed by atoms with Gasteiger partial charge in [0.25, 0.3) is 0 Å². The van der Waals surface area contributed by atoms with Crippen LogP contribution in [0.5, 0.6) is 0 Å². The Hall–Kier alpha value is -2.14. The summed E-state index contributed by atoms with van der Waals surface area (Å²) < 4.78 is 7.15. The molecule has 5 heteroatoms.